The average Bonchev–Trinajstić information content (AvgIpc) is 1.97. The van der Waals surface area contributed by atoms with Crippen LogP contribution in [0.25, 0.3) is 0 Å². The molecule has 0 bridgehead atoms. The summed E-state index contributed by atoms with van der Waals surface area (Å²) in [6, 6.07) is 0. The van der Waals surface area contributed by atoms with Crippen LogP contribution < -0.4 is 0 Å². The van der Waals surface area contributed by atoms with Crippen molar-refractivity contribution >= 4 is 106 Å². The summed E-state index contributed by atoms with van der Waals surface area (Å²) in [5.41, 5.74) is 0. The van der Waals surface area contributed by atoms with Crippen LogP contribution in [-0.4, -0.2) is 98.3 Å². The predicted molar refractivity (Wildman–Crippen MR) is 83.1 cm³/mol. The van der Waals surface area contributed by atoms with Crippen molar-refractivity contribution in [3.63, 3.8) is 0 Å². The topological polar surface area (TPSA) is 310 Å². The molecule has 2 unspecified atom stereocenters. The van der Waals surface area contributed by atoms with E-state index in [0.29, 0.717) is 0 Å². The molecule has 170 valence electrons. The molecule has 0 aliphatic rings. The van der Waals surface area contributed by atoms with Crippen LogP contribution in [0, 0.1) is 0 Å². The first-order chi connectivity index (χ1) is 10.5. The molecule has 2 radical (unpaired) electrons. The Balaban J connectivity index is -0.000000480. The summed E-state index contributed by atoms with van der Waals surface area (Å²) in [7, 11) is -36.6. The minimum atomic E-state index is -6.38. The Morgan fingerprint density at radius 3 is 0.897 bits per heavy atom. The first-order valence-corrected chi connectivity index (χ1v) is 13.6. The zero-order valence-electron chi connectivity index (χ0n) is 11.5. The molecule has 8 N–H and O–H groups in total. The summed E-state index contributed by atoms with van der Waals surface area (Å²) in [5, 5.41) is 0. The molecular formula is H10Mn2Na2O19P6. The second-order valence-corrected chi connectivity index (χ2v) is 12.2. The van der Waals surface area contributed by atoms with E-state index in [0.717, 1.165) is 0 Å². The van der Waals surface area contributed by atoms with E-state index in [1.54, 1.807) is 0 Å². The van der Waals surface area contributed by atoms with Gasteiger partial charge >= 0.3 is 106 Å². The fraction of sp³-hybridized carbons (Fsp3) is 0. The Kier molecular flexibility index (Phi) is 22.4. The van der Waals surface area contributed by atoms with Crippen LogP contribution in [0.15, 0.2) is 0 Å². The molecule has 0 spiro atoms. The summed E-state index contributed by atoms with van der Waals surface area (Å²) in [4.78, 5) is 67.8. The van der Waals surface area contributed by atoms with E-state index in [-0.39, 0.29) is 93.3 Å². The van der Waals surface area contributed by atoms with Gasteiger partial charge in [-0.1, -0.05) is 0 Å². The van der Waals surface area contributed by atoms with Gasteiger partial charge in [-0.05, 0) is 0 Å². The first-order valence-electron chi connectivity index (χ1n) is 4.52. The van der Waals surface area contributed by atoms with Gasteiger partial charge in [0.2, 0.25) is 0 Å². The minimum absolute atomic E-state index is 0. The Morgan fingerprint density at radius 1 is 0.414 bits per heavy atom. The summed E-state index contributed by atoms with van der Waals surface area (Å²) in [5.74, 6) is 0. The third kappa shape index (κ3) is 24.8. The second kappa shape index (κ2) is 15.1. The monoisotopic (exact) mass is 656 g/mol. The number of hydrogen-bond acceptors (Lipinski definition) is 11. The molecule has 0 aromatic rings. The molecule has 29 heavy (non-hydrogen) atoms. The van der Waals surface area contributed by atoms with Crippen molar-refractivity contribution in [3.8, 4) is 0 Å². The van der Waals surface area contributed by atoms with Gasteiger partial charge in [-0.25, -0.2) is 27.4 Å². The molecule has 0 rings (SSSR count). The first kappa shape index (κ1) is 43.0. The van der Waals surface area contributed by atoms with Gasteiger partial charge in [0.05, 0.1) is 0 Å². The fourth-order valence-corrected chi connectivity index (χ4v) is 7.88. The SMILES string of the molecule is O=P(O)(O)OP(=O)(O)OP(=O)(O)OP(=O)(OP(=O)(O)O)OP(=O)(O)O.[Mn].[Mn].[NaH].[NaH]. The number of phosphoric acid groups is 6. The van der Waals surface area contributed by atoms with Crippen molar-refractivity contribution < 1.29 is 122 Å². The Bertz CT molecular complexity index is 742. The van der Waals surface area contributed by atoms with Crippen molar-refractivity contribution in [1.29, 1.82) is 0 Å². The van der Waals surface area contributed by atoms with E-state index < -0.39 is 46.9 Å². The molecule has 0 aliphatic carbocycles. The molecule has 0 heterocycles. The van der Waals surface area contributed by atoms with Crippen LogP contribution >= 0.6 is 46.9 Å². The number of hydrogen-bond donors (Lipinski definition) is 8. The van der Waals surface area contributed by atoms with Crippen molar-refractivity contribution in [2.75, 3.05) is 0 Å². The van der Waals surface area contributed by atoms with Crippen LogP contribution in [0.5, 0.6) is 0 Å². The van der Waals surface area contributed by atoms with E-state index in [9.17, 15) is 27.4 Å². The van der Waals surface area contributed by atoms with Crippen LogP contribution in [0.2, 0.25) is 0 Å². The van der Waals surface area contributed by atoms with Gasteiger partial charge in [0.1, 0.15) is 0 Å². The molecular weight excluding hydrogens is 646 g/mol. The fourth-order valence-electron chi connectivity index (χ4n) is 0.726. The van der Waals surface area contributed by atoms with E-state index in [1.165, 1.54) is 0 Å². The predicted octanol–water partition coefficient (Wildman–Crippen LogP) is -1.65. The van der Waals surface area contributed by atoms with E-state index in [4.69, 9.17) is 39.1 Å². The molecule has 0 saturated heterocycles. The van der Waals surface area contributed by atoms with E-state index >= 15 is 0 Å². The third-order valence-electron chi connectivity index (χ3n) is 1.03. The van der Waals surface area contributed by atoms with Crippen molar-refractivity contribution in [2.24, 2.45) is 0 Å². The summed E-state index contributed by atoms with van der Waals surface area (Å²) < 4.78 is 81.2. The van der Waals surface area contributed by atoms with Gasteiger partial charge in [0.15, 0.2) is 0 Å². The second-order valence-electron chi connectivity index (χ2n) is 3.26. The van der Waals surface area contributed by atoms with Crippen LogP contribution in [0.1, 0.15) is 0 Å². The molecule has 29 heteroatoms. The summed E-state index contributed by atoms with van der Waals surface area (Å²) in [6.07, 6.45) is 0. The van der Waals surface area contributed by atoms with Gasteiger partial charge in [0.25, 0.3) is 0 Å². The summed E-state index contributed by atoms with van der Waals surface area (Å²) >= 11 is 0. The van der Waals surface area contributed by atoms with Crippen LogP contribution in [0.3, 0.4) is 0 Å². The zero-order chi connectivity index (χ0) is 20.5. The van der Waals surface area contributed by atoms with E-state index in [2.05, 4.69) is 21.6 Å². The van der Waals surface area contributed by atoms with Crippen molar-refractivity contribution in [1.82, 2.24) is 0 Å². The number of rotatable bonds is 10. The maximum absolute atomic E-state index is 11.6. The molecule has 0 aromatic carbocycles. The Labute approximate surface area is 226 Å². The summed E-state index contributed by atoms with van der Waals surface area (Å²) in [6.45, 7) is 0. The van der Waals surface area contributed by atoms with Crippen LogP contribution in [0.4, 0.5) is 0 Å². The molecule has 0 aromatic heterocycles. The van der Waals surface area contributed by atoms with Gasteiger partial charge < -0.3 is 39.1 Å². The van der Waals surface area contributed by atoms with Gasteiger partial charge in [0, 0.05) is 34.1 Å². The van der Waals surface area contributed by atoms with E-state index in [1.807, 2.05) is 0 Å². The average molecular weight is 656 g/mol. The normalized spacial score (nSPS) is 16.6. The third-order valence-corrected chi connectivity index (χ3v) is 9.29. The molecule has 2 atom stereocenters. The van der Waals surface area contributed by atoms with Crippen molar-refractivity contribution in [2.45, 2.75) is 0 Å². The van der Waals surface area contributed by atoms with Gasteiger partial charge in [-0.2, -0.15) is 21.6 Å². The zero-order valence-corrected chi connectivity index (χ0v) is 19.2. The molecule has 0 amide bonds. The molecule has 0 aliphatic heterocycles. The van der Waals surface area contributed by atoms with Gasteiger partial charge in [-0.15, -0.1) is 0 Å². The molecule has 0 fully saturated rings. The Morgan fingerprint density at radius 2 is 0.655 bits per heavy atom. The van der Waals surface area contributed by atoms with Gasteiger partial charge in [-0.3, -0.25) is 0 Å². The quantitative estimate of drug-likeness (QED) is 0.0965. The molecule has 19 nitrogen and oxygen atoms in total. The molecule has 0 saturated carbocycles. The van der Waals surface area contributed by atoms with Crippen molar-refractivity contribution in [3.05, 3.63) is 0 Å². The maximum atomic E-state index is 11.6. The standard InChI is InChI=1S/2Mn.2Na.H8O19P6.2H/c;;;;1-20(2,3)15-23(10,11)18-24(12,13)19-25(14,16-21(4,5)6)17-22(7,8)9;;/h;;;;(H,10,11)(H,12,13)(H2,1,2,3)(H2,4,5,6)(H2,7,8,9);;. The van der Waals surface area contributed by atoms with Crippen LogP contribution in [-0.2, 0) is 83.1 Å². The Hall–Kier alpha value is 3.90.